The van der Waals surface area contributed by atoms with Crippen molar-refractivity contribution in [2.75, 3.05) is 13.2 Å². The van der Waals surface area contributed by atoms with E-state index in [2.05, 4.69) is 5.32 Å². The molecular weight excluding hydrogens is 386 g/mol. The fraction of sp³-hybridized carbons (Fsp3) is 0.250. The Balaban J connectivity index is 1.68. The van der Waals surface area contributed by atoms with Crippen molar-refractivity contribution in [3.05, 3.63) is 94.5 Å². The summed E-state index contributed by atoms with van der Waals surface area (Å²) in [7, 11) is 0. The number of halogens is 1. The number of para-hydroxylation sites is 1. The molecule has 0 saturated heterocycles. The summed E-state index contributed by atoms with van der Waals surface area (Å²) < 4.78 is 11.9. The summed E-state index contributed by atoms with van der Waals surface area (Å²) in [5, 5.41) is 14.3. The molecule has 3 rings (SSSR count). The highest BCUT2D eigenvalue weighted by Crippen LogP contribution is 2.33. The maximum atomic E-state index is 10.4. The molecule has 0 spiro atoms. The van der Waals surface area contributed by atoms with Gasteiger partial charge < -0.3 is 19.9 Å². The Morgan fingerprint density at radius 2 is 1.62 bits per heavy atom. The molecule has 0 bridgehead atoms. The second kappa shape index (κ2) is 10.9. The first-order chi connectivity index (χ1) is 14.2. The van der Waals surface area contributed by atoms with Crippen LogP contribution in [-0.2, 0) is 13.2 Å². The molecule has 2 N–H and O–H groups in total. The zero-order valence-corrected chi connectivity index (χ0v) is 17.2. The maximum Gasteiger partial charge on any atom is 0.166 e. The van der Waals surface area contributed by atoms with E-state index in [9.17, 15) is 5.11 Å². The monoisotopic (exact) mass is 411 g/mol. The van der Waals surface area contributed by atoms with E-state index in [4.69, 9.17) is 21.1 Å². The van der Waals surface area contributed by atoms with Gasteiger partial charge in [0.05, 0.1) is 12.7 Å². The number of benzene rings is 3. The molecule has 0 unspecified atom stereocenters. The van der Waals surface area contributed by atoms with E-state index in [0.29, 0.717) is 42.8 Å². The number of rotatable bonds is 10. The SMILES string of the molecule is CCOc1cccc(CNC[C@@H](O)c2ccccc2)c1OCc1ccccc1Cl. The highest BCUT2D eigenvalue weighted by atomic mass is 35.5. The minimum Gasteiger partial charge on any atom is -0.490 e. The van der Waals surface area contributed by atoms with Crippen LogP contribution in [-0.4, -0.2) is 18.3 Å². The average molecular weight is 412 g/mol. The van der Waals surface area contributed by atoms with Crippen LogP contribution in [0, 0.1) is 0 Å². The molecule has 0 radical (unpaired) electrons. The van der Waals surface area contributed by atoms with Crippen molar-refractivity contribution in [1.29, 1.82) is 0 Å². The highest BCUT2D eigenvalue weighted by Gasteiger charge is 2.13. The Morgan fingerprint density at radius 1 is 0.897 bits per heavy atom. The van der Waals surface area contributed by atoms with Gasteiger partial charge in [-0.3, -0.25) is 0 Å². The Morgan fingerprint density at radius 3 is 2.38 bits per heavy atom. The van der Waals surface area contributed by atoms with Gasteiger partial charge in [0.25, 0.3) is 0 Å². The van der Waals surface area contributed by atoms with Crippen molar-refractivity contribution >= 4 is 11.6 Å². The van der Waals surface area contributed by atoms with Crippen molar-refractivity contribution in [2.45, 2.75) is 26.2 Å². The molecule has 5 heteroatoms. The van der Waals surface area contributed by atoms with Crippen LogP contribution in [0.2, 0.25) is 5.02 Å². The first-order valence-electron chi connectivity index (χ1n) is 9.73. The van der Waals surface area contributed by atoms with Gasteiger partial charge in [-0.25, -0.2) is 0 Å². The standard InChI is InChI=1S/C24H26ClNO3/c1-2-28-23-14-8-12-19(15-26-16-22(27)18-9-4-3-5-10-18)24(23)29-17-20-11-6-7-13-21(20)25/h3-14,22,26-27H,2,15-17H2,1H3/t22-/m1/s1. The largest absolute Gasteiger partial charge is 0.490 e. The highest BCUT2D eigenvalue weighted by molar-refractivity contribution is 6.31. The van der Waals surface area contributed by atoms with Crippen LogP contribution in [0.3, 0.4) is 0 Å². The number of hydrogen-bond acceptors (Lipinski definition) is 4. The number of aliphatic hydroxyl groups excluding tert-OH is 1. The lowest BCUT2D eigenvalue weighted by molar-refractivity contribution is 0.174. The van der Waals surface area contributed by atoms with Crippen molar-refractivity contribution in [3.63, 3.8) is 0 Å². The van der Waals surface area contributed by atoms with Crippen molar-refractivity contribution in [2.24, 2.45) is 0 Å². The van der Waals surface area contributed by atoms with E-state index in [-0.39, 0.29) is 0 Å². The van der Waals surface area contributed by atoms with E-state index in [1.807, 2.05) is 79.7 Å². The number of aliphatic hydroxyl groups is 1. The molecule has 0 heterocycles. The van der Waals surface area contributed by atoms with Crippen LogP contribution < -0.4 is 14.8 Å². The molecule has 3 aromatic rings. The molecule has 4 nitrogen and oxygen atoms in total. The minimum absolute atomic E-state index is 0.351. The molecule has 152 valence electrons. The van der Waals surface area contributed by atoms with Gasteiger partial charge in [0.1, 0.15) is 6.61 Å². The van der Waals surface area contributed by atoms with Gasteiger partial charge in [-0.15, -0.1) is 0 Å². The Bertz CT molecular complexity index is 902. The molecule has 1 atom stereocenters. The van der Waals surface area contributed by atoms with Crippen LogP contribution in [0.25, 0.3) is 0 Å². The topological polar surface area (TPSA) is 50.7 Å². The van der Waals surface area contributed by atoms with Crippen LogP contribution >= 0.6 is 11.6 Å². The van der Waals surface area contributed by atoms with E-state index in [1.54, 1.807) is 0 Å². The summed E-state index contributed by atoms with van der Waals surface area (Å²) in [6.07, 6.45) is -0.571. The maximum absolute atomic E-state index is 10.4. The van der Waals surface area contributed by atoms with Gasteiger partial charge in [-0.1, -0.05) is 72.3 Å². The molecular formula is C24H26ClNO3. The third-order valence-corrected chi connectivity index (χ3v) is 4.90. The molecule has 3 aromatic carbocycles. The van der Waals surface area contributed by atoms with Crippen LogP contribution in [0.1, 0.15) is 29.7 Å². The summed E-state index contributed by atoms with van der Waals surface area (Å²) in [5.41, 5.74) is 2.76. The van der Waals surface area contributed by atoms with Crippen molar-refractivity contribution in [3.8, 4) is 11.5 Å². The Labute approximate surface area is 177 Å². The first kappa shape index (κ1) is 21.2. The fourth-order valence-electron chi connectivity index (χ4n) is 3.04. The summed E-state index contributed by atoms with van der Waals surface area (Å²) in [5.74, 6) is 1.39. The molecule has 0 saturated carbocycles. The van der Waals surface area contributed by atoms with Gasteiger partial charge in [0, 0.05) is 29.2 Å². The lowest BCUT2D eigenvalue weighted by Crippen LogP contribution is -2.21. The minimum atomic E-state index is -0.571. The lowest BCUT2D eigenvalue weighted by atomic mass is 10.1. The van der Waals surface area contributed by atoms with E-state index < -0.39 is 6.10 Å². The predicted molar refractivity (Wildman–Crippen MR) is 117 cm³/mol. The van der Waals surface area contributed by atoms with E-state index >= 15 is 0 Å². The zero-order chi connectivity index (χ0) is 20.5. The van der Waals surface area contributed by atoms with Crippen molar-refractivity contribution < 1.29 is 14.6 Å². The van der Waals surface area contributed by atoms with Gasteiger partial charge in [0.15, 0.2) is 11.5 Å². The zero-order valence-electron chi connectivity index (χ0n) is 16.5. The molecule has 0 amide bonds. The number of nitrogens with one attached hydrogen (secondary N) is 1. The summed E-state index contributed by atoms with van der Waals surface area (Å²) in [6, 6.07) is 23.1. The van der Waals surface area contributed by atoms with E-state index in [1.165, 1.54) is 0 Å². The second-order valence-electron chi connectivity index (χ2n) is 6.61. The predicted octanol–water partition coefficient (Wildman–Crippen LogP) is 5.14. The van der Waals surface area contributed by atoms with E-state index in [0.717, 1.165) is 16.7 Å². The molecule has 0 aliphatic rings. The molecule has 0 aliphatic heterocycles. The Hall–Kier alpha value is -2.53. The third kappa shape index (κ3) is 5.97. The number of hydrogen-bond donors (Lipinski definition) is 2. The first-order valence-corrected chi connectivity index (χ1v) is 10.1. The summed E-state index contributed by atoms with van der Waals surface area (Å²) >= 11 is 6.26. The summed E-state index contributed by atoms with van der Waals surface area (Å²) in [4.78, 5) is 0. The van der Waals surface area contributed by atoms with Crippen LogP contribution in [0.15, 0.2) is 72.8 Å². The molecule has 0 aliphatic carbocycles. The molecule has 0 aromatic heterocycles. The summed E-state index contributed by atoms with van der Waals surface area (Å²) in [6.45, 7) is 3.82. The smallest absolute Gasteiger partial charge is 0.166 e. The molecule has 0 fully saturated rings. The Kier molecular flexibility index (Phi) is 7.94. The van der Waals surface area contributed by atoms with Crippen molar-refractivity contribution in [1.82, 2.24) is 5.32 Å². The van der Waals surface area contributed by atoms with Crippen LogP contribution in [0.4, 0.5) is 0 Å². The second-order valence-corrected chi connectivity index (χ2v) is 7.02. The third-order valence-electron chi connectivity index (χ3n) is 4.53. The average Bonchev–Trinajstić information content (AvgIpc) is 2.75. The van der Waals surface area contributed by atoms with Gasteiger partial charge in [0.2, 0.25) is 0 Å². The lowest BCUT2D eigenvalue weighted by Gasteiger charge is -2.18. The van der Waals surface area contributed by atoms with Crippen LogP contribution in [0.5, 0.6) is 11.5 Å². The fourth-order valence-corrected chi connectivity index (χ4v) is 3.23. The van der Waals surface area contributed by atoms with Gasteiger partial charge >= 0.3 is 0 Å². The molecule has 29 heavy (non-hydrogen) atoms. The quantitative estimate of drug-likeness (QED) is 0.485. The van der Waals surface area contributed by atoms with Gasteiger partial charge in [-0.2, -0.15) is 0 Å². The van der Waals surface area contributed by atoms with Gasteiger partial charge in [-0.05, 0) is 24.6 Å². The normalized spacial score (nSPS) is 11.8. The number of ether oxygens (including phenoxy) is 2.